The third-order valence-electron chi connectivity index (χ3n) is 2.15. The van der Waals surface area contributed by atoms with Crippen LogP contribution in [0.3, 0.4) is 0 Å². The van der Waals surface area contributed by atoms with Crippen LogP contribution in [-0.4, -0.2) is 28.1 Å². The average Bonchev–Trinajstić information content (AvgIpc) is 2.80. The SMILES string of the molecule is CNn1cnnc1NN=Cc1c(Cl)cccc1Cl. The van der Waals surface area contributed by atoms with Crippen LogP contribution in [0.5, 0.6) is 0 Å². The lowest BCUT2D eigenvalue weighted by molar-refractivity contribution is 0.919. The number of hydrogen-bond acceptors (Lipinski definition) is 5. The number of nitrogens with zero attached hydrogens (tertiary/aromatic N) is 4. The van der Waals surface area contributed by atoms with Gasteiger partial charge in [-0.1, -0.05) is 29.3 Å². The van der Waals surface area contributed by atoms with Crippen LogP contribution in [0.4, 0.5) is 5.95 Å². The van der Waals surface area contributed by atoms with Crippen LogP contribution >= 0.6 is 23.2 Å². The molecule has 0 saturated heterocycles. The highest BCUT2D eigenvalue weighted by Gasteiger charge is 2.03. The average molecular weight is 285 g/mol. The minimum Gasteiger partial charge on any atom is -0.325 e. The van der Waals surface area contributed by atoms with E-state index in [-0.39, 0.29) is 0 Å². The van der Waals surface area contributed by atoms with E-state index in [0.717, 1.165) is 0 Å². The molecule has 0 bridgehead atoms. The fourth-order valence-electron chi connectivity index (χ4n) is 1.26. The lowest BCUT2D eigenvalue weighted by atomic mass is 10.2. The molecule has 0 radical (unpaired) electrons. The summed E-state index contributed by atoms with van der Waals surface area (Å²) >= 11 is 12.0. The Morgan fingerprint density at radius 2 is 2.06 bits per heavy atom. The van der Waals surface area contributed by atoms with Crippen LogP contribution in [0.2, 0.25) is 10.0 Å². The van der Waals surface area contributed by atoms with Crippen molar-refractivity contribution in [3.63, 3.8) is 0 Å². The van der Waals surface area contributed by atoms with E-state index in [1.807, 2.05) is 0 Å². The second kappa shape index (κ2) is 5.70. The van der Waals surface area contributed by atoms with Gasteiger partial charge in [-0.2, -0.15) is 5.10 Å². The summed E-state index contributed by atoms with van der Waals surface area (Å²) in [5.41, 5.74) is 6.22. The van der Waals surface area contributed by atoms with Gasteiger partial charge in [0, 0.05) is 12.6 Å². The van der Waals surface area contributed by atoms with E-state index in [2.05, 4.69) is 26.2 Å². The predicted octanol–water partition coefficient (Wildman–Crippen LogP) is 2.20. The van der Waals surface area contributed by atoms with Gasteiger partial charge >= 0.3 is 0 Å². The fourth-order valence-corrected chi connectivity index (χ4v) is 1.76. The summed E-state index contributed by atoms with van der Waals surface area (Å²) < 4.78 is 1.57. The molecular formula is C10H10Cl2N6. The molecular weight excluding hydrogens is 275 g/mol. The van der Waals surface area contributed by atoms with Crippen LogP contribution in [0.1, 0.15) is 5.56 Å². The molecule has 0 amide bonds. The summed E-state index contributed by atoms with van der Waals surface area (Å²) in [6, 6.07) is 5.25. The minimum atomic E-state index is 0.455. The van der Waals surface area contributed by atoms with Gasteiger partial charge in [-0.05, 0) is 12.1 Å². The monoisotopic (exact) mass is 284 g/mol. The van der Waals surface area contributed by atoms with Crippen LogP contribution in [0.15, 0.2) is 29.6 Å². The predicted molar refractivity (Wildman–Crippen MR) is 73.0 cm³/mol. The summed E-state index contributed by atoms with van der Waals surface area (Å²) in [5.74, 6) is 0.455. The molecule has 2 aromatic rings. The van der Waals surface area contributed by atoms with Crippen molar-refractivity contribution in [2.45, 2.75) is 0 Å². The van der Waals surface area contributed by atoms with E-state index in [0.29, 0.717) is 21.6 Å². The van der Waals surface area contributed by atoms with Crippen molar-refractivity contribution in [3.8, 4) is 0 Å². The lowest BCUT2D eigenvalue weighted by Gasteiger charge is -2.03. The molecule has 2 rings (SSSR count). The highest BCUT2D eigenvalue weighted by atomic mass is 35.5. The molecule has 8 heteroatoms. The second-order valence-electron chi connectivity index (χ2n) is 3.25. The Labute approximate surface area is 114 Å². The number of benzene rings is 1. The molecule has 0 saturated carbocycles. The summed E-state index contributed by atoms with van der Waals surface area (Å²) in [4.78, 5) is 0. The summed E-state index contributed by atoms with van der Waals surface area (Å²) in [5, 5.41) is 12.6. The smallest absolute Gasteiger partial charge is 0.263 e. The largest absolute Gasteiger partial charge is 0.325 e. The maximum Gasteiger partial charge on any atom is 0.263 e. The molecule has 0 unspecified atom stereocenters. The molecule has 0 aliphatic heterocycles. The third kappa shape index (κ3) is 2.72. The second-order valence-corrected chi connectivity index (χ2v) is 4.07. The van der Waals surface area contributed by atoms with Crippen LogP contribution < -0.4 is 10.9 Å². The molecule has 1 aromatic heterocycles. The Balaban J connectivity index is 2.13. The van der Waals surface area contributed by atoms with Crippen LogP contribution in [0.25, 0.3) is 0 Å². The van der Waals surface area contributed by atoms with E-state index >= 15 is 0 Å². The van der Waals surface area contributed by atoms with Crippen molar-refractivity contribution < 1.29 is 0 Å². The van der Waals surface area contributed by atoms with Crippen molar-refractivity contribution in [1.29, 1.82) is 0 Å². The van der Waals surface area contributed by atoms with Crippen molar-refractivity contribution in [3.05, 3.63) is 40.1 Å². The van der Waals surface area contributed by atoms with Crippen molar-refractivity contribution >= 4 is 35.4 Å². The number of halogens is 2. The van der Waals surface area contributed by atoms with E-state index in [1.54, 1.807) is 29.9 Å². The Kier molecular flexibility index (Phi) is 4.01. The Morgan fingerprint density at radius 3 is 2.72 bits per heavy atom. The van der Waals surface area contributed by atoms with Gasteiger partial charge in [-0.15, -0.1) is 10.2 Å². The Morgan fingerprint density at radius 1 is 1.33 bits per heavy atom. The van der Waals surface area contributed by atoms with E-state index in [4.69, 9.17) is 23.2 Å². The zero-order valence-electron chi connectivity index (χ0n) is 9.43. The number of hydrazone groups is 1. The zero-order chi connectivity index (χ0) is 13.0. The highest BCUT2D eigenvalue weighted by molar-refractivity contribution is 6.38. The number of aromatic nitrogens is 3. The molecule has 6 nitrogen and oxygen atoms in total. The molecule has 1 heterocycles. The van der Waals surface area contributed by atoms with E-state index < -0.39 is 0 Å². The van der Waals surface area contributed by atoms with Gasteiger partial charge in [0.05, 0.1) is 16.3 Å². The van der Waals surface area contributed by atoms with E-state index in [1.165, 1.54) is 12.5 Å². The van der Waals surface area contributed by atoms with Gasteiger partial charge in [0.25, 0.3) is 5.95 Å². The first-order valence-corrected chi connectivity index (χ1v) is 5.79. The number of rotatable bonds is 4. The van der Waals surface area contributed by atoms with Gasteiger partial charge < -0.3 is 5.43 Å². The van der Waals surface area contributed by atoms with Gasteiger partial charge in [-0.25, -0.2) is 10.1 Å². The standard InChI is InChI=1S/C10H10Cl2N6/c1-13-18-6-15-17-10(18)16-14-5-7-8(11)3-2-4-9(7)12/h2-6,13H,1H3,(H,16,17). The number of hydrogen-bond donors (Lipinski definition) is 2. The minimum absolute atomic E-state index is 0.455. The molecule has 2 N–H and O–H groups in total. The molecule has 94 valence electrons. The molecule has 0 spiro atoms. The molecule has 0 fully saturated rings. The Bertz CT molecular complexity index is 545. The normalized spacial score (nSPS) is 10.8. The summed E-state index contributed by atoms with van der Waals surface area (Å²) in [6.45, 7) is 0. The van der Waals surface area contributed by atoms with Crippen molar-refractivity contribution in [1.82, 2.24) is 14.9 Å². The van der Waals surface area contributed by atoms with Gasteiger partial charge in [0.2, 0.25) is 0 Å². The number of anilines is 1. The molecule has 0 atom stereocenters. The van der Waals surface area contributed by atoms with Crippen LogP contribution in [-0.2, 0) is 0 Å². The third-order valence-corrected chi connectivity index (χ3v) is 2.81. The molecule has 18 heavy (non-hydrogen) atoms. The van der Waals surface area contributed by atoms with Crippen molar-refractivity contribution in [2.75, 3.05) is 17.9 Å². The van der Waals surface area contributed by atoms with Gasteiger partial charge in [-0.3, -0.25) is 0 Å². The maximum absolute atomic E-state index is 6.00. The zero-order valence-corrected chi connectivity index (χ0v) is 10.9. The topological polar surface area (TPSA) is 67.1 Å². The Hall–Kier alpha value is -1.79. The van der Waals surface area contributed by atoms with Gasteiger partial charge in [0.15, 0.2) is 0 Å². The molecule has 0 aliphatic rings. The first-order chi connectivity index (χ1) is 8.72. The van der Waals surface area contributed by atoms with E-state index in [9.17, 15) is 0 Å². The molecule has 0 aliphatic carbocycles. The summed E-state index contributed by atoms with van der Waals surface area (Å²) in [7, 11) is 1.74. The quantitative estimate of drug-likeness (QED) is 0.667. The van der Waals surface area contributed by atoms with Crippen molar-refractivity contribution in [2.24, 2.45) is 5.10 Å². The first-order valence-electron chi connectivity index (χ1n) is 5.03. The highest BCUT2D eigenvalue weighted by Crippen LogP contribution is 2.22. The van der Waals surface area contributed by atoms with Gasteiger partial charge in [0.1, 0.15) is 6.33 Å². The molecule has 1 aromatic carbocycles. The lowest BCUT2D eigenvalue weighted by Crippen LogP contribution is -2.10. The van der Waals surface area contributed by atoms with Crippen LogP contribution in [0, 0.1) is 0 Å². The first kappa shape index (κ1) is 12.7. The maximum atomic E-state index is 6.00. The summed E-state index contributed by atoms with van der Waals surface area (Å²) in [6.07, 6.45) is 3.04. The fraction of sp³-hybridized carbons (Fsp3) is 0.100. The number of nitrogens with one attached hydrogen (secondary N) is 2.